The van der Waals surface area contributed by atoms with E-state index in [9.17, 15) is 0 Å². The van der Waals surface area contributed by atoms with Crippen LogP contribution in [0.3, 0.4) is 0 Å². The Morgan fingerprint density at radius 1 is 1.21 bits per heavy atom. The molecule has 2 aromatic rings. The minimum atomic E-state index is 0.395. The van der Waals surface area contributed by atoms with Gasteiger partial charge in [0.25, 0.3) is 0 Å². The van der Waals surface area contributed by atoms with Gasteiger partial charge in [0.15, 0.2) is 5.82 Å². The highest BCUT2D eigenvalue weighted by atomic mass is 16.5. The molecule has 1 aromatic carbocycles. The van der Waals surface area contributed by atoms with Gasteiger partial charge in [0.2, 0.25) is 5.89 Å². The van der Waals surface area contributed by atoms with Gasteiger partial charge in [0, 0.05) is 13.0 Å². The standard InChI is InChI=1S/C15H19N3O/c1-2-5-12(6-3-1)8-9-14-17-15(19-18-14)13-7-4-10-16-11-13/h1-3,5-6,13,16H,4,7-11H2/t13-/m1/s1. The van der Waals surface area contributed by atoms with Crippen molar-refractivity contribution in [3.63, 3.8) is 0 Å². The van der Waals surface area contributed by atoms with E-state index in [-0.39, 0.29) is 0 Å². The molecular weight excluding hydrogens is 238 g/mol. The normalized spacial score (nSPS) is 19.5. The number of hydrogen-bond donors (Lipinski definition) is 1. The predicted octanol–water partition coefficient (Wildman–Crippen LogP) is 2.32. The fraction of sp³-hybridized carbons (Fsp3) is 0.467. The monoisotopic (exact) mass is 257 g/mol. The summed E-state index contributed by atoms with van der Waals surface area (Å²) < 4.78 is 5.39. The van der Waals surface area contributed by atoms with Crippen molar-refractivity contribution in [3.05, 3.63) is 47.6 Å². The quantitative estimate of drug-likeness (QED) is 0.913. The minimum Gasteiger partial charge on any atom is -0.339 e. The smallest absolute Gasteiger partial charge is 0.231 e. The second-order valence-electron chi connectivity index (χ2n) is 5.08. The summed E-state index contributed by atoms with van der Waals surface area (Å²) >= 11 is 0. The van der Waals surface area contributed by atoms with Crippen molar-refractivity contribution in [2.45, 2.75) is 31.6 Å². The van der Waals surface area contributed by atoms with E-state index in [0.717, 1.165) is 44.1 Å². The molecule has 2 heterocycles. The third-order valence-electron chi connectivity index (χ3n) is 3.61. The first kappa shape index (κ1) is 12.4. The Balaban J connectivity index is 1.58. The predicted molar refractivity (Wildman–Crippen MR) is 73.0 cm³/mol. The molecule has 0 amide bonds. The number of hydrogen-bond acceptors (Lipinski definition) is 4. The van der Waals surface area contributed by atoms with Crippen LogP contribution < -0.4 is 5.32 Å². The lowest BCUT2D eigenvalue weighted by Crippen LogP contribution is -2.28. The third-order valence-corrected chi connectivity index (χ3v) is 3.61. The van der Waals surface area contributed by atoms with E-state index in [1.165, 1.54) is 12.0 Å². The number of piperidine rings is 1. The van der Waals surface area contributed by atoms with Gasteiger partial charge in [0.1, 0.15) is 0 Å². The van der Waals surface area contributed by atoms with Crippen molar-refractivity contribution >= 4 is 0 Å². The van der Waals surface area contributed by atoms with Crippen LogP contribution in [0.4, 0.5) is 0 Å². The highest BCUT2D eigenvalue weighted by molar-refractivity contribution is 5.15. The van der Waals surface area contributed by atoms with Gasteiger partial charge in [-0.3, -0.25) is 0 Å². The van der Waals surface area contributed by atoms with Crippen LogP contribution in [0.5, 0.6) is 0 Å². The molecule has 3 rings (SSSR count). The number of benzene rings is 1. The summed E-state index contributed by atoms with van der Waals surface area (Å²) in [6, 6.07) is 10.4. The number of rotatable bonds is 4. The molecule has 0 radical (unpaired) electrons. The van der Waals surface area contributed by atoms with E-state index in [0.29, 0.717) is 5.92 Å². The maximum absolute atomic E-state index is 5.39. The first-order valence-electron chi connectivity index (χ1n) is 6.99. The summed E-state index contributed by atoms with van der Waals surface area (Å²) in [5.74, 6) is 2.02. The van der Waals surface area contributed by atoms with Gasteiger partial charge < -0.3 is 9.84 Å². The van der Waals surface area contributed by atoms with E-state index in [1.54, 1.807) is 0 Å². The van der Waals surface area contributed by atoms with Gasteiger partial charge >= 0.3 is 0 Å². The topological polar surface area (TPSA) is 51.0 Å². The van der Waals surface area contributed by atoms with Crippen molar-refractivity contribution in [1.29, 1.82) is 0 Å². The number of aromatic nitrogens is 2. The molecule has 1 N–H and O–H groups in total. The summed E-state index contributed by atoms with van der Waals surface area (Å²) in [6.45, 7) is 2.06. The summed E-state index contributed by atoms with van der Waals surface area (Å²) in [4.78, 5) is 4.53. The maximum atomic E-state index is 5.39. The van der Waals surface area contributed by atoms with Gasteiger partial charge in [-0.25, -0.2) is 0 Å². The van der Waals surface area contributed by atoms with Crippen LogP contribution in [0, 0.1) is 0 Å². The fourth-order valence-corrected chi connectivity index (χ4v) is 2.50. The van der Waals surface area contributed by atoms with Gasteiger partial charge in [0.05, 0.1) is 5.92 Å². The van der Waals surface area contributed by atoms with Crippen molar-refractivity contribution in [2.75, 3.05) is 13.1 Å². The number of aryl methyl sites for hydroxylation is 2. The van der Waals surface area contributed by atoms with E-state index in [4.69, 9.17) is 4.52 Å². The molecule has 1 fully saturated rings. The van der Waals surface area contributed by atoms with Crippen molar-refractivity contribution in [3.8, 4) is 0 Å². The molecule has 1 aliphatic heterocycles. The molecule has 0 saturated carbocycles. The van der Waals surface area contributed by atoms with Crippen molar-refractivity contribution < 1.29 is 4.52 Å². The second kappa shape index (κ2) is 5.97. The molecule has 0 spiro atoms. The minimum absolute atomic E-state index is 0.395. The number of nitrogens with zero attached hydrogens (tertiary/aromatic N) is 2. The highest BCUT2D eigenvalue weighted by Gasteiger charge is 2.21. The zero-order valence-corrected chi connectivity index (χ0v) is 11.0. The average Bonchev–Trinajstić information content (AvgIpc) is 2.96. The van der Waals surface area contributed by atoms with Gasteiger partial charge in [-0.1, -0.05) is 35.5 Å². The lowest BCUT2D eigenvalue weighted by atomic mass is 10.00. The summed E-state index contributed by atoms with van der Waals surface area (Å²) in [5, 5.41) is 7.47. The van der Waals surface area contributed by atoms with Crippen molar-refractivity contribution in [1.82, 2.24) is 15.5 Å². The SMILES string of the molecule is c1ccc(CCc2noc([C@@H]3CCCNC3)n2)cc1. The van der Waals surface area contributed by atoms with E-state index in [1.807, 2.05) is 6.07 Å². The molecule has 1 saturated heterocycles. The van der Waals surface area contributed by atoms with Crippen LogP contribution in [0.15, 0.2) is 34.9 Å². The molecule has 4 nitrogen and oxygen atoms in total. The Kier molecular flexibility index (Phi) is 3.89. The Hall–Kier alpha value is -1.68. The van der Waals surface area contributed by atoms with Crippen LogP contribution >= 0.6 is 0 Å². The van der Waals surface area contributed by atoms with E-state index < -0.39 is 0 Å². The Morgan fingerprint density at radius 3 is 2.89 bits per heavy atom. The van der Waals surface area contributed by atoms with Gasteiger partial charge in [-0.15, -0.1) is 0 Å². The van der Waals surface area contributed by atoms with E-state index >= 15 is 0 Å². The first-order chi connectivity index (χ1) is 9.42. The van der Waals surface area contributed by atoms with Crippen LogP contribution in [-0.4, -0.2) is 23.2 Å². The molecule has 0 bridgehead atoms. The van der Waals surface area contributed by atoms with Crippen molar-refractivity contribution in [2.24, 2.45) is 0 Å². The lowest BCUT2D eigenvalue weighted by Gasteiger charge is -2.18. The molecule has 0 aliphatic carbocycles. The molecular formula is C15H19N3O. The van der Waals surface area contributed by atoms with Crippen LogP contribution in [-0.2, 0) is 12.8 Å². The third kappa shape index (κ3) is 3.20. The van der Waals surface area contributed by atoms with E-state index in [2.05, 4.69) is 39.7 Å². The molecule has 1 aromatic heterocycles. The largest absolute Gasteiger partial charge is 0.339 e. The first-order valence-corrected chi connectivity index (χ1v) is 6.99. The summed E-state index contributed by atoms with van der Waals surface area (Å²) in [5.41, 5.74) is 1.31. The molecule has 0 unspecified atom stereocenters. The Morgan fingerprint density at radius 2 is 2.11 bits per heavy atom. The summed E-state index contributed by atoms with van der Waals surface area (Å²) in [6.07, 6.45) is 4.14. The number of nitrogens with one attached hydrogen (secondary N) is 1. The van der Waals surface area contributed by atoms with Gasteiger partial charge in [-0.2, -0.15) is 4.98 Å². The van der Waals surface area contributed by atoms with Crippen LogP contribution in [0.2, 0.25) is 0 Å². The second-order valence-corrected chi connectivity index (χ2v) is 5.08. The Bertz CT molecular complexity index is 503. The zero-order valence-electron chi connectivity index (χ0n) is 11.0. The Labute approximate surface area is 113 Å². The fourth-order valence-electron chi connectivity index (χ4n) is 2.50. The maximum Gasteiger partial charge on any atom is 0.231 e. The molecule has 19 heavy (non-hydrogen) atoms. The molecule has 4 heteroatoms. The van der Waals surface area contributed by atoms with Gasteiger partial charge in [-0.05, 0) is 31.4 Å². The molecule has 100 valence electrons. The molecule has 1 atom stereocenters. The highest BCUT2D eigenvalue weighted by Crippen LogP contribution is 2.21. The summed E-state index contributed by atoms with van der Waals surface area (Å²) in [7, 11) is 0. The van der Waals surface area contributed by atoms with Crippen LogP contribution in [0.1, 0.15) is 36.0 Å². The zero-order chi connectivity index (χ0) is 12.9. The molecule has 1 aliphatic rings. The average molecular weight is 257 g/mol. The van der Waals surface area contributed by atoms with Crippen LogP contribution in [0.25, 0.3) is 0 Å². The lowest BCUT2D eigenvalue weighted by molar-refractivity contribution is 0.320.